The molecule has 8 nitrogen and oxygen atoms in total. The van der Waals surface area contributed by atoms with E-state index in [1.54, 1.807) is 48.5 Å². The summed E-state index contributed by atoms with van der Waals surface area (Å²) in [6, 6.07) is 15.0. The van der Waals surface area contributed by atoms with Crippen LogP contribution >= 0.6 is 0 Å². The van der Waals surface area contributed by atoms with Crippen molar-refractivity contribution in [3.05, 3.63) is 66.1 Å². The van der Waals surface area contributed by atoms with Crippen LogP contribution in [0.2, 0.25) is 0 Å². The Labute approximate surface area is 159 Å². The van der Waals surface area contributed by atoms with Crippen LogP contribution in [0.4, 0.5) is 27.5 Å². The highest BCUT2D eigenvalue weighted by molar-refractivity contribution is 5.93. The van der Waals surface area contributed by atoms with Crippen molar-refractivity contribution in [2.24, 2.45) is 5.73 Å². The van der Waals surface area contributed by atoms with Gasteiger partial charge in [-0.3, -0.25) is 4.79 Å². The number of ether oxygens (including phenoxy) is 1. The van der Waals surface area contributed by atoms with Gasteiger partial charge >= 0.3 is 0 Å². The smallest absolute Gasteiger partial charge is 0.248 e. The molecule has 0 aliphatic rings. The summed E-state index contributed by atoms with van der Waals surface area (Å²) in [7, 11) is 0. The molecule has 140 valence electrons. The average molecular weight is 378 g/mol. The van der Waals surface area contributed by atoms with Crippen LogP contribution in [-0.2, 0) is 0 Å². The normalized spacial score (nSPS) is 10.0. The molecule has 9 heteroatoms. The van der Waals surface area contributed by atoms with Crippen LogP contribution in [0.5, 0.6) is 5.75 Å². The van der Waals surface area contributed by atoms with E-state index in [2.05, 4.69) is 20.6 Å². The average Bonchev–Trinajstić information content (AvgIpc) is 2.70. The van der Waals surface area contributed by atoms with Crippen LogP contribution in [0.25, 0.3) is 0 Å². The minimum absolute atomic E-state index is 0.0331. The summed E-state index contributed by atoms with van der Waals surface area (Å²) in [5.74, 6) is -0.574. The summed E-state index contributed by atoms with van der Waals surface area (Å²) >= 11 is 0. The minimum atomic E-state index is -0.638. The fraction of sp³-hybridized carbons (Fsp3) is 0.0526. The first-order chi connectivity index (χ1) is 13.5. The van der Waals surface area contributed by atoms with E-state index < -0.39 is 11.7 Å². The Morgan fingerprint density at radius 3 is 2.68 bits per heavy atom. The van der Waals surface area contributed by atoms with Gasteiger partial charge in [0.1, 0.15) is 11.8 Å². The molecule has 3 aromatic rings. The van der Waals surface area contributed by atoms with Crippen molar-refractivity contribution in [2.45, 2.75) is 0 Å². The minimum Gasteiger partial charge on any atom is -0.479 e. The molecule has 0 atom stereocenters. The molecule has 0 aliphatic heterocycles. The number of hydrogen-bond donors (Lipinski definition) is 3. The second-order valence-corrected chi connectivity index (χ2v) is 5.56. The van der Waals surface area contributed by atoms with Gasteiger partial charge in [0, 0.05) is 16.9 Å². The molecule has 0 unspecified atom stereocenters. The number of nitrogens with two attached hydrogens (primary N) is 1. The standard InChI is InChI=1S/C19H15FN6O2/c20-16-11-23-19(25-14-3-1-2-12(10-14)17(22)27)26-18(16)24-13-4-6-15(7-5-13)28-9-8-21/h1-7,10-11H,9H2,(H2,22,27)(H2,23,24,25,26). The summed E-state index contributed by atoms with van der Waals surface area (Å²) in [6.45, 7) is -0.0563. The number of nitrogens with one attached hydrogen (secondary N) is 2. The van der Waals surface area contributed by atoms with Gasteiger partial charge in [-0.15, -0.1) is 0 Å². The summed E-state index contributed by atoms with van der Waals surface area (Å²) < 4.78 is 19.2. The summed E-state index contributed by atoms with van der Waals surface area (Å²) in [4.78, 5) is 19.3. The molecule has 0 bridgehead atoms. The van der Waals surface area contributed by atoms with Gasteiger partial charge in [-0.05, 0) is 42.5 Å². The van der Waals surface area contributed by atoms with Crippen LogP contribution in [0.15, 0.2) is 54.7 Å². The maximum absolute atomic E-state index is 14.1. The van der Waals surface area contributed by atoms with E-state index in [0.717, 1.165) is 6.20 Å². The Morgan fingerprint density at radius 1 is 1.18 bits per heavy atom. The zero-order chi connectivity index (χ0) is 19.9. The number of primary amides is 1. The topological polar surface area (TPSA) is 126 Å². The molecule has 4 N–H and O–H groups in total. The first kappa shape index (κ1) is 18.6. The van der Waals surface area contributed by atoms with Crippen LogP contribution in [0.3, 0.4) is 0 Å². The van der Waals surface area contributed by atoms with Crippen LogP contribution in [0, 0.1) is 17.1 Å². The number of nitrogens with zero attached hydrogens (tertiary/aromatic N) is 3. The Hall–Kier alpha value is -4.19. The molecule has 0 saturated carbocycles. The predicted molar refractivity (Wildman–Crippen MR) is 101 cm³/mol. The fourth-order valence-electron chi connectivity index (χ4n) is 2.28. The van der Waals surface area contributed by atoms with Crippen molar-refractivity contribution < 1.29 is 13.9 Å². The molecular formula is C19H15FN6O2. The Bertz CT molecular complexity index is 1030. The van der Waals surface area contributed by atoms with Crippen LogP contribution in [-0.4, -0.2) is 22.5 Å². The molecule has 28 heavy (non-hydrogen) atoms. The molecule has 0 saturated heterocycles. The van der Waals surface area contributed by atoms with E-state index in [-0.39, 0.29) is 18.4 Å². The first-order valence-electron chi connectivity index (χ1n) is 8.11. The third kappa shape index (κ3) is 4.70. The lowest BCUT2D eigenvalue weighted by Crippen LogP contribution is -2.11. The van der Waals surface area contributed by atoms with Crippen molar-refractivity contribution in [1.29, 1.82) is 5.26 Å². The molecule has 1 amide bonds. The van der Waals surface area contributed by atoms with Crippen LogP contribution < -0.4 is 21.1 Å². The highest BCUT2D eigenvalue weighted by Crippen LogP contribution is 2.22. The highest BCUT2D eigenvalue weighted by atomic mass is 19.1. The maximum atomic E-state index is 14.1. The van der Waals surface area contributed by atoms with Gasteiger partial charge in [-0.2, -0.15) is 10.2 Å². The van der Waals surface area contributed by atoms with Crippen molar-refractivity contribution in [3.8, 4) is 11.8 Å². The fourth-order valence-corrected chi connectivity index (χ4v) is 2.28. The zero-order valence-corrected chi connectivity index (χ0v) is 14.5. The van der Waals surface area contributed by atoms with Gasteiger partial charge in [0.2, 0.25) is 11.9 Å². The zero-order valence-electron chi connectivity index (χ0n) is 14.5. The van der Waals surface area contributed by atoms with Gasteiger partial charge in [0.25, 0.3) is 0 Å². The van der Waals surface area contributed by atoms with E-state index in [4.69, 9.17) is 15.7 Å². The second-order valence-electron chi connectivity index (χ2n) is 5.56. The number of benzene rings is 2. The monoisotopic (exact) mass is 378 g/mol. The largest absolute Gasteiger partial charge is 0.479 e. The van der Waals surface area contributed by atoms with E-state index in [0.29, 0.717) is 22.7 Å². The van der Waals surface area contributed by atoms with Crippen molar-refractivity contribution >= 4 is 29.0 Å². The van der Waals surface area contributed by atoms with Crippen molar-refractivity contribution in [2.75, 3.05) is 17.2 Å². The van der Waals surface area contributed by atoms with Gasteiger partial charge in [-0.1, -0.05) is 6.07 Å². The number of rotatable bonds is 7. The quantitative estimate of drug-likeness (QED) is 0.576. The Kier molecular flexibility index (Phi) is 5.62. The molecule has 2 aromatic carbocycles. The predicted octanol–water partition coefficient (Wildman–Crippen LogP) is 3.10. The van der Waals surface area contributed by atoms with Gasteiger partial charge < -0.3 is 21.1 Å². The van der Waals surface area contributed by atoms with Gasteiger partial charge in [0.15, 0.2) is 18.2 Å². The lowest BCUT2D eigenvalue weighted by Gasteiger charge is -2.10. The Balaban J connectivity index is 1.75. The van der Waals surface area contributed by atoms with Gasteiger partial charge in [-0.25, -0.2) is 9.37 Å². The van der Waals surface area contributed by atoms with Crippen molar-refractivity contribution in [3.63, 3.8) is 0 Å². The SMILES string of the molecule is N#CCOc1ccc(Nc2nc(Nc3cccc(C(N)=O)c3)ncc2F)cc1. The molecule has 3 rings (SSSR count). The molecule has 1 aromatic heterocycles. The number of nitriles is 1. The molecule has 0 aliphatic carbocycles. The number of carbonyl (C=O) groups excluding carboxylic acids is 1. The molecule has 0 radical (unpaired) electrons. The highest BCUT2D eigenvalue weighted by Gasteiger charge is 2.09. The number of hydrogen-bond acceptors (Lipinski definition) is 7. The Morgan fingerprint density at radius 2 is 1.96 bits per heavy atom. The van der Waals surface area contributed by atoms with E-state index in [1.807, 2.05) is 6.07 Å². The number of amides is 1. The third-order valence-corrected chi connectivity index (χ3v) is 3.57. The lowest BCUT2D eigenvalue weighted by atomic mass is 10.2. The first-order valence-corrected chi connectivity index (χ1v) is 8.11. The molecule has 0 spiro atoms. The summed E-state index contributed by atoms with van der Waals surface area (Å²) in [5, 5.41) is 14.3. The van der Waals surface area contributed by atoms with Crippen molar-refractivity contribution in [1.82, 2.24) is 9.97 Å². The lowest BCUT2D eigenvalue weighted by molar-refractivity contribution is 0.100. The van der Waals surface area contributed by atoms with E-state index in [1.165, 1.54) is 0 Å². The summed E-state index contributed by atoms with van der Waals surface area (Å²) in [5.41, 5.74) is 6.69. The summed E-state index contributed by atoms with van der Waals surface area (Å²) in [6.07, 6.45) is 1.03. The van der Waals surface area contributed by atoms with Crippen LogP contribution in [0.1, 0.15) is 10.4 Å². The maximum Gasteiger partial charge on any atom is 0.248 e. The van der Waals surface area contributed by atoms with E-state index in [9.17, 15) is 9.18 Å². The second kappa shape index (κ2) is 8.46. The van der Waals surface area contributed by atoms with E-state index >= 15 is 0 Å². The molecule has 0 fully saturated rings. The molecule has 1 heterocycles. The number of carbonyl (C=O) groups is 1. The van der Waals surface area contributed by atoms with Gasteiger partial charge in [0.05, 0.1) is 6.20 Å². The number of anilines is 4. The number of aromatic nitrogens is 2. The molecular weight excluding hydrogens is 363 g/mol. The third-order valence-electron chi connectivity index (χ3n) is 3.57. The number of halogens is 1.